The van der Waals surface area contributed by atoms with Crippen molar-refractivity contribution in [1.29, 1.82) is 5.26 Å². The van der Waals surface area contributed by atoms with Gasteiger partial charge in [-0.05, 0) is 80.5 Å². The van der Waals surface area contributed by atoms with E-state index in [0.29, 0.717) is 17.1 Å². The lowest BCUT2D eigenvalue weighted by Crippen LogP contribution is -2.30. The molecule has 0 spiro atoms. The third-order valence-electron chi connectivity index (χ3n) is 7.47. The Morgan fingerprint density at radius 3 is 2.12 bits per heavy atom. The number of rotatable bonds is 6. The number of carbonyl (C=O) groups is 1. The van der Waals surface area contributed by atoms with E-state index in [4.69, 9.17) is 10.00 Å². The topological polar surface area (TPSA) is 75.9 Å². The zero-order chi connectivity index (χ0) is 22.3. The van der Waals surface area contributed by atoms with E-state index in [0.717, 1.165) is 49.0 Å². The molecule has 1 aromatic heterocycles. The van der Waals surface area contributed by atoms with Gasteiger partial charge in [-0.2, -0.15) is 5.26 Å². The van der Waals surface area contributed by atoms with Crippen LogP contribution in [0.1, 0.15) is 76.7 Å². The lowest BCUT2D eigenvalue weighted by atomic mass is 9.69. The molecule has 0 amide bonds. The molecule has 0 aliphatic heterocycles. The molecule has 0 bridgehead atoms. The molecule has 0 saturated heterocycles. The molecule has 5 nitrogen and oxygen atoms in total. The highest BCUT2D eigenvalue weighted by Crippen LogP contribution is 2.42. The quantitative estimate of drug-likeness (QED) is 0.394. The van der Waals surface area contributed by atoms with Crippen LogP contribution in [0.2, 0.25) is 0 Å². The number of nitrogens with zero attached hydrogens (tertiary/aromatic N) is 3. The molecule has 2 aromatic rings. The van der Waals surface area contributed by atoms with Crippen molar-refractivity contribution >= 4 is 5.97 Å². The van der Waals surface area contributed by atoms with Crippen LogP contribution in [-0.4, -0.2) is 15.9 Å². The second-order valence-electron chi connectivity index (χ2n) is 9.53. The predicted octanol–water partition coefficient (Wildman–Crippen LogP) is 6.33. The number of hydrogen-bond donors (Lipinski definition) is 0. The summed E-state index contributed by atoms with van der Waals surface area (Å²) < 4.78 is 5.68. The summed E-state index contributed by atoms with van der Waals surface area (Å²) in [6.45, 7) is 2.30. The largest absolute Gasteiger partial charge is 0.426 e. The van der Waals surface area contributed by atoms with E-state index in [2.05, 4.69) is 16.9 Å². The summed E-state index contributed by atoms with van der Waals surface area (Å²) in [4.78, 5) is 21.1. The second kappa shape index (κ2) is 10.7. The third kappa shape index (κ3) is 5.54. The Labute approximate surface area is 191 Å². The molecule has 32 heavy (non-hydrogen) atoms. The van der Waals surface area contributed by atoms with E-state index >= 15 is 0 Å². The minimum Gasteiger partial charge on any atom is -0.426 e. The molecule has 1 heterocycles. The van der Waals surface area contributed by atoms with Crippen molar-refractivity contribution in [3.63, 3.8) is 0 Å². The summed E-state index contributed by atoms with van der Waals surface area (Å²) in [5.74, 6) is 3.65. The number of ether oxygens (including phenoxy) is 1. The fourth-order valence-corrected chi connectivity index (χ4v) is 5.59. The van der Waals surface area contributed by atoms with Crippen LogP contribution in [0.25, 0.3) is 11.4 Å². The van der Waals surface area contributed by atoms with E-state index < -0.39 is 0 Å². The zero-order valence-electron chi connectivity index (χ0n) is 19.0. The van der Waals surface area contributed by atoms with Gasteiger partial charge in [0.25, 0.3) is 0 Å². The SMILES string of the molecule is CCC[C@H]1CC[C@H]([C@H]2CC[C@H](C(=O)Oc3ccc(-c4ncc(C#N)cn4)cc3)CC2)CC1. The molecule has 5 heteroatoms. The minimum absolute atomic E-state index is 0.0178. The van der Waals surface area contributed by atoms with Crippen molar-refractivity contribution in [3.8, 4) is 23.2 Å². The molecule has 0 unspecified atom stereocenters. The molecule has 0 atom stereocenters. The maximum Gasteiger partial charge on any atom is 0.314 e. The van der Waals surface area contributed by atoms with Crippen LogP contribution >= 0.6 is 0 Å². The molecule has 2 aliphatic rings. The van der Waals surface area contributed by atoms with Gasteiger partial charge in [-0.1, -0.05) is 32.6 Å². The molecular formula is C27H33N3O2. The molecule has 1 aromatic carbocycles. The number of esters is 1. The smallest absolute Gasteiger partial charge is 0.314 e. The molecule has 168 valence electrons. The van der Waals surface area contributed by atoms with Crippen molar-refractivity contribution < 1.29 is 9.53 Å². The van der Waals surface area contributed by atoms with Crippen LogP contribution < -0.4 is 4.74 Å². The number of hydrogen-bond acceptors (Lipinski definition) is 5. The highest BCUT2D eigenvalue weighted by Gasteiger charge is 2.33. The lowest BCUT2D eigenvalue weighted by molar-refractivity contribution is -0.140. The fourth-order valence-electron chi connectivity index (χ4n) is 5.59. The maximum absolute atomic E-state index is 12.7. The van der Waals surface area contributed by atoms with Crippen molar-refractivity contribution in [2.45, 2.75) is 71.1 Å². The Morgan fingerprint density at radius 2 is 1.56 bits per heavy atom. The Morgan fingerprint density at radius 1 is 0.969 bits per heavy atom. The molecule has 2 saturated carbocycles. The van der Waals surface area contributed by atoms with Gasteiger partial charge in [-0.25, -0.2) is 9.97 Å². The van der Waals surface area contributed by atoms with E-state index in [-0.39, 0.29) is 11.9 Å². The minimum atomic E-state index is -0.0996. The number of carbonyl (C=O) groups excluding carboxylic acids is 1. The van der Waals surface area contributed by atoms with E-state index in [1.54, 1.807) is 12.1 Å². The van der Waals surface area contributed by atoms with E-state index in [1.807, 2.05) is 18.2 Å². The van der Waals surface area contributed by atoms with Crippen LogP contribution in [0.3, 0.4) is 0 Å². The van der Waals surface area contributed by atoms with Crippen LogP contribution in [0.4, 0.5) is 0 Å². The van der Waals surface area contributed by atoms with Gasteiger partial charge in [0, 0.05) is 18.0 Å². The van der Waals surface area contributed by atoms with Crippen LogP contribution in [0.15, 0.2) is 36.7 Å². The van der Waals surface area contributed by atoms with Gasteiger partial charge in [0.05, 0.1) is 11.5 Å². The van der Waals surface area contributed by atoms with Gasteiger partial charge in [-0.15, -0.1) is 0 Å². The first-order valence-electron chi connectivity index (χ1n) is 12.2. The van der Waals surface area contributed by atoms with Gasteiger partial charge >= 0.3 is 5.97 Å². The maximum atomic E-state index is 12.7. The van der Waals surface area contributed by atoms with Gasteiger partial charge in [-0.3, -0.25) is 4.79 Å². The first kappa shape index (κ1) is 22.5. The Balaban J connectivity index is 1.25. The summed E-state index contributed by atoms with van der Waals surface area (Å²) in [5.41, 5.74) is 1.25. The first-order valence-corrected chi connectivity index (χ1v) is 12.2. The van der Waals surface area contributed by atoms with Crippen LogP contribution in [0, 0.1) is 35.0 Å². The molecule has 2 aliphatic carbocycles. The van der Waals surface area contributed by atoms with Crippen LogP contribution in [-0.2, 0) is 4.79 Å². The fraction of sp³-hybridized carbons (Fsp3) is 0.556. The predicted molar refractivity (Wildman–Crippen MR) is 124 cm³/mol. The van der Waals surface area contributed by atoms with Gasteiger partial charge in [0.1, 0.15) is 11.8 Å². The standard InChI is InChI=1S/C27H33N3O2/c1-2-3-19-4-6-21(7-5-19)22-8-10-24(11-9-22)27(31)32-25-14-12-23(13-15-25)26-29-17-20(16-28)18-30-26/h12-15,17-19,21-22,24H,2-11H2,1H3/t19-,21-,22-,24-. The Kier molecular flexibility index (Phi) is 7.52. The first-order chi connectivity index (χ1) is 15.7. The van der Waals surface area contributed by atoms with E-state index in [9.17, 15) is 4.79 Å². The molecular weight excluding hydrogens is 398 g/mol. The number of nitriles is 1. The number of aromatic nitrogens is 2. The summed E-state index contributed by atoms with van der Waals surface area (Å²) in [6, 6.07) is 9.27. The summed E-state index contributed by atoms with van der Waals surface area (Å²) >= 11 is 0. The van der Waals surface area contributed by atoms with Gasteiger partial charge < -0.3 is 4.74 Å². The van der Waals surface area contributed by atoms with Crippen molar-refractivity contribution in [3.05, 3.63) is 42.2 Å². The molecule has 4 rings (SSSR count). The highest BCUT2D eigenvalue weighted by atomic mass is 16.5. The monoisotopic (exact) mass is 431 g/mol. The normalized spacial score (nSPS) is 25.6. The molecule has 0 N–H and O–H groups in total. The number of benzene rings is 1. The zero-order valence-corrected chi connectivity index (χ0v) is 19.0. The summed E-state index contributed by atoms with van der Waals surface area (Å²) in [6.07, 6.45) is 15.5. The van der Waals surface area contributed by atoms with Gasteiger partial charge in [0.2, 0.25) is 0 Å². The Hall–Kier alpha value is -2.74. The van der Waals surface area contributed by atoms with Crippen LogP contribution in [0.5, 0.6) is 5.75 Å². The van der Waals surface area contributed by atoms with Crippen molar-refractivity contribution in [2.24, 2.45) is 23.7 Å². The van der Waals surface area contributed by atoms with Crippen molar-refractivity contribution in [1.82, 2.24) is 9.97 Å². The van der Waals surface area contributed by atoms with E-state index in [1.165, 1.54) is 50.9 Å². The average molecular weight is 432 g/mol. The summed E-state index contributed by atoms with van der Waals surface area (Å²) in [5, 5.41) is 8.86. The lowest BCUT2D eigenvalue weighted by Gasteiger charge is -2.37. The third-order valence-corrected chi connectivity index (χ3v) is 7.47. The second-order valence-corrected chi connectivity index (χ2v) is 9.53. The van der Waals surface area contributed by atoms with Crippen molar-refractivity contribution in [2.75, 3.05) is 0 Å². The Bertz CT molecular complexity index is 917. The highest BCUT2D eigenvalue weighted by molar-refractivity contribution is 5.75. The molecule has 2 fully saturated rings. The average Bonchev–Trinajstić information content (AvgIpc) is 2.85. The molecule has 0 radical (unpaired) electrons. The summed E-state index contributed by atoms with van der Waals surface area (Å²) in [7, 11) is 0. The van der Waals surface area contributed by atoms with Gasteiger partial charge in [0.15, 0.2) is 5.82 Å².